The number of guanidine groups is 1. The molecule has 1 unspecified atom stereocenters. The molecule has 2 aromatic rings. The van der Waals surface area contributed by atoms with E-state index in [1.807, 2.05) is 11.3 Å². The second-order valence-corrected chi connectivity index (χ2v) is 10.2. The highest BCUT2D eigenvalue weighted by molar-refractivity contribution is 7.98. The number of aromatic nitrogens is 3. The molecule has 6 nitrogen and oxygen atoms in total. The van der Waals surface area contributed by atoms with Crippen LogP contribution in [0, 0.1) is 6.92 Å². The number of thiophene rings is 1. The van der Waals surface area contributed by atoms with E-state index >= 15 is 0 Å². The third-order valence-electron chi connectivity index (χ3n) is 5.47. The van der Waals surface area contributed by atoms with E-state index in [9.17, 15) is 0 Å². The molecule has 1 aliphatic carbocycles. The van der Waals surface area contributed by atoms with Gasteiger partial charge >= 0.3 is 0 Å². The zero-order chi connectivity index (χ0) is 21.3. The van der Waals surface area contributed by atoms with Gasteiger partial charge in [0, 0.05) is 47.8 Å². The first-order chi connectivity index (χ1) is 14.6. The lowest BCUT2D eigenvalue weighted by Crippen LogP contribution is -2.43. The first-order valence-corrected chi connectivity index (χ1v) is 13.2. The molecule has 1 saturated carbocycles. The number of aliphatic imine (C=N–C) groups is 1. The van der Waals surface area contributed by atoms with Crippen LogP contribution in [0.4, 0.5) is 0 Å². The molecule has 2 aromatic heterocycles. The fourth-order valence-corrected chi connectivity index (χ4v) is 5.67. The van der Waals surface area contributed by atoms with Crippen molar-refractivity contribution >= 4 is 29.1 Å². The van der Waals surface area contributed by atoms with Crippen molar-refractivity contribution in [3.63, 3.8) is 0 Å². The Morgan fingerprint density at radius 1 is 1.33 bits per heavy atom. The van der Waals surface area contributed by atoms with E-state index in [1.54, 1.807) is 11.8 Å². The third-order valence-corrected chi connectivity index (χ3v) is 7.13. The van der Waals surface area contributed by atoms with Crippen molar-refractivity contribution < 1.29 is 0 Å². The maximum Gasteiger partial charge on any atom is 0.191 e. The van der Waals surface area contributed by atoms with E-state index in [0.717, 1.165) is 49.3 Å². The maximum absolute atomic E-state index is 4.80. The molecule has 166 valence electrons. The van der Waals surface area contributed by atoms with E-state index in [-0.39, 0.29) is 0 Å². The van der Waals surface area contributed by atoms with Crippen molar-refractivity contribution in [2.24, 2.45) is 4.99 Å². The molecular formula is C22H36N6S2. The van der Waals surface area contributed by atoms with Crippen molar-refractivity contribution in [2.45, 2.75) is 83.0 Å². The fourth-order valence-electron chi connectivity index (χ4n) is 4.08. The highest BCUT2D eigenvalue weighted by Crippen LogP contribution is 2.33. The Morgan fingerprint density at radius 2 is 2.13 bits per heavy atom. The number of thioether (sulfide) groups is 1. The monoisotopic (exact) mass is 448 g/mol. The molecule has 0 spiro atoms. The average molecular weight is 449 g/mol. The van der Waals surface area contributed by atoms with E-state index in [0.29, 0.717) is 12.1 Å². The summed E-state index contributed by atoms with van der Waals surface area (Å²) >= 11 is 3.58. The summed E-state index contributed by atoms with van der Waals surface area (Å²) in [6.07, 6.45) is 10.2. The van der Waals surface area contributed by atoms with Crippen LogP contribution in [0.3, 0.4) is 0 Å². The molecule has 3 rings (SSSR count). The topological polar surface area (TPSA) is 67.1 Å². The predicted molar refractivity (Wildman–Crippen MR) is 129 cm³/mol. The summed E-state index contributed by atoms with van der Waals surface area (Å²) in [4.78, 5) is 7.59. The van der Waals surface area contributed by atoms with Crippen molar-refractivity contribution in [3.05, 3.63) is 27.7 Å². The second kappa shape index (κ2) is 11.7. The summed E-state index contributed by atoms with van der Waals surface area (Å²) in [6.45, 7) is 8.14. The molecule has 2 N–H and O–H groups in total. The third kappa shape index (κ3) is 6.48. The molecule has 0 bridgehead atoms. The highest BCUT2D eigenvalue weighted by Gasteiger charge is 2.23. The quantitative estimate of drug-likeness (QED) is 0.241. The zero-order valence-corrected chi connectivity index (χ0v) is 20.4. The Hall–Kier alpha value is -1.54. The van der Waals surface area contributed by atoms with E-state index in [1.165, 1.54) is 35.4 Å². The van der Waals surface area contributed by atoms with Gasteiger partial charge in [0.25, 0.3) is 0 Å². The van der Waals surface area contributed by atoms with Gasteiger partial charge in [0.1, 0.15) is 5.82 Å². The van der Waals surface area contributed by atoms with Crippen molar-refractivity contribution in [2.75, 3.05) is 19.3 Å². The number of hydrogen-bond acceptors (Lipinski definition) is 5. The van der Waals surface area contributed by atoms with Gasteiger partial charge < -0.3 is 15.2 Å². The molecule has 0 aromatic carbocycles. The summed E-state index contributed by atoms with van der Waals surface area (Å²) in [5.41, 5.74) is 0. The van der Waals surface area contributed by atoms with E-state index in [2.05, 4.69) is 64.6 Å². The molecule has 0 amide bonds. The van der Waals surface area contributed by atoms with E-state index < -0.39 is 0 Å². The van der Waals surface area contributed by atoms with Crippen LogP contribution in [0.25, 0.3) is 0 Å². The predicted octanol–water partition coefficient (Wildman–Crippen LogP) is 4.60. The molecule has 0 saturated heterocycles. The van der Waals surface area contributed by atoms with Crippen LogP contribution in [0.15, 0.2) is 22.3 Å². The molecule has 30 heavy (non-hydrogen) atoms. The van der Waals surface area contributed by atoms with E-state index in [4.69, 9.17) is 4.99 Å². The van der Waals surface area contributed by atoms with Gasteiger partial charge in [-0.15, -0.1) is 21.5 Å². The van der Waals surface area contributed by atoms with Gasteiger partial charge in [-0.1, -0.05) is 24.6 Å². The summed E-state index contributed by atoms with van der Waals surface area (Å²) < 4.78 is 2.40. The molecule has 1 fully saturated rings. The highest BCUT2D eigenvalue weighted by atomic mass is 32.2. The standard InChI is InChI=1S/C22H36N6S2/c1-5-23-21(25-16(2)15-19-13-12-17(3)30-19)24-14-8-11-20-26-27-22(29-4)28(20)18-9-6-7-10-18/h12-13,16,18H,5-11,14-15H2,1-4H3,(H2,23,24,25). The smallest absolute Gasteiger partial charge is 0.191 e. The van der Waals surface area contributed by atoms with Crippen LogP contribution in [0.5, 0.6) is 0 Å². The van der Waals surface area contributed by atoms with Gasteiger partial charge in [0.2, 0.25) is 0 Å². The molecule has 2 heterocycles. The largest absolute Gasteiger partial charge is 0.357 e. The van der Waals surface area contributed by atoms with Crippen LogP contribution in [0.1, 0.15) is 67.6 Å². The first-order valence-electron chi connectivity index (χ1n) is 11.2. The summed E-state index contributed by atoms with van der Waals surface area (Å²) in [5.74, 6) is 2.03. The normalized spacial score (nSPS) is 16.2. The van der Waals surface area contributed by atoms with Gasteiger partial charge in [-0.3, -0.25) is 4.99 Å². The summed E-state index contributed by atoms with van der Waals surface area (Å²) in [7, 11) is 0. The van der Waals surface area contributed by atoms with Crippen molar-refractivity contribution in [1.82, 2.24) is 25.4 Å². The van der Waals surface area contributed by atoms with Crippen molar-refractivity contribution in [3.8, 4) is 0 Å². The Morgan fingerprint density at radius 3 is 2.80 bits per heavy atom. The molecule has 1 aliphatic rings. The number of nitrogens with zero attached hydrogens (tertiary/aromatic N) is 4. The lowest BCUT2D eigenvalue weighted by Gasteiger charge is -2.17. The van der Waals surface area contributed by atoms with Gasteiger partial charge in [-0.2, -0.15) is 0 Å². The second-order valence-electron chi connectivity index (χ2n) is 8.04. The van der Waals surface area contributed by atoms with Crippen LogP contribution >= 0.6 is 23.1 Å². The molecule has 1 atom stereocenters. The lowest BCUT2D eigenvalue weighted by molar-refractivity contribution is 0.461. The number of rotatable bonds is 10. The van der Waals surface area contributed by atoms with Gasteiger partial charge in [0.15, 0.2) is 11.1 Å². The zero-order valence-electron chi connectivity index (χ0n) is 18.8. The van der Waals surface area contributed by atoms with Crippen LogP contribution in [-0.4, -0.2) is 46.1 Å². The van der Waals surface area contributed by atoms with Crippen LogP contribution < -0.4 is 10.6 Å². The molecule has 0 radical (unpaired) electrons. The van der Waals surface area contributed by atoms with Crippen LogP contribution in [0.2, 0.25) is 0 Å². The SMILES string of the molecule is CCNC(=NCCCc1nnc(SC)n1C1CCCC1)NC(C)Cc1ccc(C)s1. The number of nitrogens with one attached hydrogen (secondary N) is 2. The average Bonchev–Trinajstić information content (AvgIpc) is 3.46. The van der Waals surface area contributed by atoms with Gasteiger partial charge in [0.05, 0.1) is 0 Å². The number of hydrogen-bond donors (Lipinski definition) is 2. The molecule has 8 heteroatoms. The minimum atomic E-state index is 0.343. The Bertz CT molecular complexity index is 806. The van der Waals surface area contributed by atoms with Crippen LogP contribution in [-0.2, 0) is 12.8 Å². The minimum Gasteiger partial charge on any atom is -0.357 e. The summed E-state index contributed by atoms with van der Waals surface area (Å²) in [5, 5.41) is 16.9. The Kier molecular flexibility index (Phi) is 9.05. The Balaban J connectivity index is 1.52. The van der Waals surface area contributed by atoms with Gasteiger partial charge in [-0.05, 0) is 58.4 Å². The van der Waals surface area contributed by atoms with Gasteiger partial charge in [-0.25, -0.2) is 0 Å². The molecular weight excluding hydrogens is 412 g/mol. The molecule has 0 aliphatic heterocycles. The maximum atomic E-state index is 4.80. The Labute approximate surface area is 189 Å². The summed E-state index contributed by atoms with van der Waals surface area (Å²) in [6, 6.07) is 5.35. The minimum absolute atomic E-state index is 0.343. The number of aryl methyl sites for hydroxylation is 2. The van der Waals surface area contributed by atoms with Crippen molar-refractivity contribution in [1.29, 1.82) is 0 Å². The fraction of sp³-hybridized carbons (Fsp3) is 0.682. The lowest BCUT2D eigenvalue weighted by atomic mass is 10.2. The first kappa shape index (κ1) is 23.1.